The van der Waals surface area contributed by atoms with Crippen molar-refractivity contribution in [3.05, 3.63) is 218 Å². The number of benzene rings is 9. The molecule has 0 unspecified atom stereocenters. The largest absolute Gasteiger partial charge is 0.454 e. The Kier molecular flexibility index (Phi) is 7.25. The molecule has 0 amide bonds. The topological polar surface area (TPSA) is 23.0 Å². The summed E-state index contributed by atoms with van der Waals surface area (Å²) in [5, 5.41) is 12.5. The fourth-order valence-corrected chi connectivity index (χ4v) is 14.8. The van der Waals surface area contributed by atoms with Crippen molar-refractivity contribution in [1.29, 1.82) is 0 Å². The molecule has 9 aromatic carbocycles. The van der Waals surface area contributed by atoms with Gasteiger partial charge < -0.3 is 13.6 Å². The SMILES string of the molecule is c1ccc(-n2c3ccccc3c3cccc([Si](c4ccccc4)(c4ccccc4)c4ccc(-n5c6ccccc6c6ccc7c8ccccc8oc7c65)cc4)c32)cc1. The number of nitrogens with zero attached hydrogens (tertiary/aromatic N) is 2. The van der Waals surface area contributed by atoms with E-state index < -0.39 is 8.07 Å². The fraction of sp³-hybridized carbons (Fsp3) is 0. The molecule has 0 aliphatic rings. The van der Waals surface area contributed by atoms with E-state index in [1.54, 1.807) is 0 Å². The van der Waals surface area contributed by atoms with E-state index in [9.17, 15) is 0 Å². The lowest BCUT2D eigenvalue weighted by Gasteiger charge is -2.35. The van der Waals surface area contributed by atoms with E-state index in [2.05, 4.69) is 221 Å². The summed E-state index contributed by atoms with van der Waals surface area (Å²) in [6.07, 6.45) is 0. The quantitative estimate of drug-likeness (QED) is 0.122. The van der Waals surface area contributed by atoms with Gasteiger partial charge in [-0.25, -0.2) is 0 Å². The third-order valence-electron chi connectivity index (χ3n) is 12.3. The van der Waals surface area contributed by atoms with Crippen LogP contribution in [0.15, 0.2) is 223 Å². The number of aromatic nitrogens is 2. The van der Waals surface area contributed by atoms with Gasteiger partial charge in [0.1, 0.15) is 5.58 Å². The van der Waals surface area contributed by atoms with E-state index in [1.165, 1.54) is 53.3 Å². The normalized spacial score (nSPS) is 12.1. The minimum Gasteiger partial charge on any atom is -0.454 e. The molecule has 0 aliphatic carbocycles. The van der Waals surface area contributed by atoms with E-state index in [1.807, 2.05) is 6.07 Å². The van der Waals surface area contributed by atoms with Crippen LogP contribution < -0.4 is 20.7 Å². The fourth-order valence-electron chi connectivity index (χ4n) is 9.87. The summed E-state index contributed by atoms with van der Waals surface area (Å²) in [4.78, 5) is 0. The average molecular weight is 757 g/mol. The standard InChI is InChI=1S/C54H36N2OSi/c1-4-17-37(18-5-1)55-48-27-13-10-23-42(48)45-26-16-30-51(52(45)55)58(39-19-6-2-7-20-39,40-21-8-3-9-22-40)41-33-31-38(32-34-41)56-49-28-14-11-24-43(49)46-35-36-47-44-25-12-15-29-50(44)57-54(47)53(46)56/h1-36H. The van der Waals surface area contributed by atoms with Crippen LogP contribution in [-0.4, -0.2) is 17.2 Å². The first-order valence-corrected chi connectivity index (χ1v) is 21.9. The van der Waals surface area contributed by atoms with Gasteiger partial charge in [-0.1, -0.05) is 170 Å². The molecule has 272 valence electrons. The number of fused-ring (bicyclic) bond motifs is 10. The Hall–Kier alpha value is -7.40. The zero-order chi connectivity index (χ0) is 38.2. The van der Waals surface area contributed by atoms with E-state index in [4.69, 9.17) is 4.42 Å². The van der Waals surface area contributed by atoms with Crippen LogP contribution in [0.2, 0.25) is 0 Å². The molecule has 3 aromatic heterocycles. The van der Waals surface area contributed by atoms with Gasteiger partial charge in [0, 0.05) is 43.7 Å². The van der Waals surface area contributed by atoms with Gasteiger partial charge >= 0.3 is 0 Å². The second-order valence-corrected chi connectivity index (χ2v) is 19.0. The smallest absolute Gasteiger partial charge is 0.181 e. The van der Waals surface area contributed by atoms with Crippen molar-refractivity contribution in [2.45, 2.75) is 0 Å². The van der Waals surface area contributed by atoms with Crippen molar-refractivity contribution in [3.8, 4) is 11.4 Å². The first kappa shape index (κ1) is 32.8. The second kappa shape index (κ2) is 12.8. The van der Waals surface area contributed by atoms with Crippen LogP contribution in [-0.2, 0) is 0 Å². The van der Waals surface area contributed by atoms with Crippen molar-refractivity contribution in [3.63, 3.8) is 0 Å². The minimum absolute atomic E-state index is 0.903. The molecule has 4 heteroatoms. The Bertz CT molecular complexity index is 3450. The van der Waals surface area contributed by atoms with Crippen LogP contribution >= 0.6 is 0 Å². The molecule has 0 saturated heterocycles. The highest BCUT2D eigenvalue weighted by Crippen LogP contribution is 2.40. The molecule has 0 bridgehead atoms. The van der Waals surface area contributed by atoms with Crippen LogP contribution in [0.25, 0.3) is 76.9 Å². The number of furan rings is 1. The van der Waals surface area contributed by atoms with Gasteiger partial charge in [0.05, 0.1) is 22.1 Å². The third kappa shape index (κ3) is 4.61. The van der Waals surface area contributed by atoms with Crippen LogP contribution in [0.3, 0.4) is 0 Å². The highest BCUT2D eigenvalue weighted by atomic mass is 28.3. The Morgan fingerprint density at radius 2 is 0.776 bits per heavy atom. The Morgan fingerprint density at radius 1 is 0.310 bits per heavy atom. The number of rotatable bonds is 6. The Morgan fingerprint density at radius 3 is 1.43 bits per heavy atom. The van der Waals surface area contributed by atoms with Crippen molar-refractivity contribution < 1.29 is 4.42 Å². The lowest BCUT2D eigenvalue weighted by atomic mass is 10.1. The minimum atomic E-state index is -3.02. The zero-order valence-electron chi connectivity index (χ0n) is 31.6. The summed E-state index contributed by atoms with van der Waals surface area (Å²) in [6, 6.07) is 80.3. The predicted molar refractivity (Wildman–Crippen MR) is 246 cm³/mol. The summed E-state index contributed by atoms with van der Waals surface area (Å²) >= 11 is 0. The molecule has 0 spiro atoms. The van der Waals surface area contributed by atoms with Crippen molar-refractivity contribution in [2.75, 3.05) is 0 Å². The molecule has 0 fully saturated rings. The van der Waals surface area contributed by atoms with Gasteiger partial charge in [0.2, 0.25) is 0 Å². The number of hydrogen-bond donors (Lipinski definition) is 0. The molecular weight excluding hydrogens is 721 g/mol. The van der Waals surface area contributed by atoms with Gasteiger partial charge in [-0.2, -0.15) is 0 Å². The number of hydrogen-bond acceptors (Lipinski definition) is 1. The maximum Gasteiger partial charge on any atom is 0.181 e. The summed E-state index contributed by atoms with van der Waals surface area (Å²) in [5.74, 6) is 0. The summed E-state index contributed by atoms with van der Waals surface area (Å²) in [6.45, 7) is 0. The van der Waals surface area contributed by atoms with Crippen LogP contribution in [0.4, 0.5) is 0 Å². The molecule has 0 atom stereocenters. The first-order valence-electron chi connectivity index (χ1n) is 19.9. The second-order valence-electron chi connectivity index (χ2n) is 15.2. The lowest BCUT2D eigenvalue weighted by molar-refractivity contribution is 0.671. The third-order valence-corrected chi connectivity index (χ3v) is 17.1. The molecule has 58 heavy (non-hydrogen) atoms. The van der Waals surface area contributed by atoms with Gasteiger partial charge in [-0.15, -0.1) is 0 Å². The van der Waals surface area contributed by atoms with Crippen molar-refractivity contribution in [2.24, 2.45) is 0 Å². The van der Waals surface area contributed by atoms with Gasteiger partial charge in [-0.05, 0) is 69.3 Å². The molecular formula is C54H36N2OSi. The van der Waals surface area contributed by atoms with Crippen LogP contribution in [0.5, 0.6) is 0 Å². The highest BCUT2D eigenvalue weighted by molar-refractivity contribution is 7.20. The molecule has 0 radical (unpaired) electrons. The summed E-state index contributed by atoms with van der Waals surface area (Å²) in [5.41, 5.74) is 8.79. The molecule has 0 N–H and O–H groups in total. The molecule has 0 saturated carbocycles. The van der Waals surface area contributed by atoms with Gasteiger partial charge in [-0.3, -0.25) is 0 Å². The lowest BCUT2D eigenvalue weighted by Crippen LogP contribution is -2.75. The van der Waals surface area contributed by atoms with Crippen LogP contribution in [0.1, 0.15) is 0 Å². The molecule has 12 aromatic rings. The van der Waals surface area contributed by atoms with E-state index in [0.717, 1.165) is 44.3 Å². The van der Waals surface area contributed by atoms with E-state index in [-0.39, 0.29) is 0 Å². The molecule has 3 nitrogen and oxygen atoms in total. The van der Waals surface area contributed by atoms with Gasteiger partial charge in [0.25, 0.3) is 0 Å². The Balaban J connectivity index is 1.18. The molecule has 12 rings (SSSR count). The molecule has 3 heterocycles. The monoisotopic (exact) mass is 756 g/mol. The van der Waals surface area contributed by atoms with Gasteiger partial charge in [0.15, 0.2) is 13.7 Å². The van der Waals surface area contributed by atoms with Crippen molar-refractivity contribution >= 4 is 94.4 Å². The summed E-state index contributed by atoms with van der Waals surface area (Å²) in [7, 11) is -3.02. The van der Waals surface area contributed by atoms with E-state index >= 15 is 0 Å². The van der Waals surface area contributed by atoms with Crippen LogP contribution in [0, 0.1) is 0 Å². The Labute approximate surface area is 336 Å². The first-order chi connectivity index (χ1) is 28.8. The highest BCUT2D eigenvalue weighted by Gasteiger charge is 2.43. The average Bonchev–Trinajstić information content (AvgIpc) is 3.96. The zero-order valence-corrected chi connectivity index (χ0v) is 32.6. The summed E-state index contributed by atoms with van der Waals surface area (Å²) < 4.78 is 11.6. The van der Waals surface area contributed by atoms with E-state index in [0.29, 0.717) is 0 Å². The predicted octanol–water partition coefficient (Wildman–Crippen LogP) is 11.2. The maximum atomic E-state index is 6.71. The van der Waals surface area contributed by atoms with Crippen molar-refractivity contribution in [1.82, 2.24) is 9.13 Å². The molecule has 0 aliphatic heterocycles. The maximum absolute atomic E-state index is 6.71. The number of para-hydroxylation sites is 5.